The van der Waals surface area contributed by atoms with Gasteiger partial charge < -0.3 is 14.8 Å². The van der Waals surface area contributed by atoms with Gasteiger partial charge in [0.15, 0.2) is 11.5 Å². The Morgan fingerprint density at radius 3 is 2.33 bits per heavy atom. The zero-order valence-corrected chi connectivity index (χ0v) is 16.9. The summed E-state index contributed by atoms with van der Waals surface area (Å²) < 4.78 is 23.4. The van der Waals surface area contributed by atoms with Crippen molar-refractivity contribution >= 4 is 29.0 Å². The minimum atomic E-state index is -0.557. The zero-order valence-electron chi connectivity index (χ0n) is 16.0. The molecule has 0 bridgehead atoms. The molecule has 0 aromatic heterocycles. The van der Waals surface area contributed by atoms with E-state index < -0.39 is 16.6 Å². The summed E-state index contributed by atoms with van der Waals surface area (Å²) in [5.74, 6) is 0.0420. The van der Waals surface area contributed by atoms with Gasteiger partial charge in [0.1, 0.15) is 5.82 Å². The Kier molecular flexibility index (Phi) is 6.53. The lowest BCUT2D eigenvalue weighted by Gasteiger charge is -2.11. The van der Waals surface area contributed by atoms with Crippen LogP contribution < -0.4 is 14.8 Å². The van der Waals surface area contributed by atoms with Crippen molar-refractivity contribution in [2.24, 2.45) is 0 Å². The van der Waals surface area contributed by atoms with Gasteiger partial charge >= 0.3 is 0 Å². The topological polar surface area (TPSA) is 90.7 Å². The Labute approximate surface area is 176 Å². The Morgan fingerprint density at radius 2 is 1.70 bits per heavy atom. The van der Waals surface area contributed by atoms with E-state index in [0.29, 0.717) is 27.0 Å². The number of hydrogen-bond donors (Lipinski definition) is 1. The van der Waals surface area contributed by atoms with Crippen LogP contribution in [0.4, 0.5) is 15.8 Å². The van der Waals surface area contributed by atoms with Crippen LogP contribution in [-0.2, 0) is 0 Å². The lowest BCUT2D eigenvalue weighted by Crippen LogP contribution is -2.12. The Morgan fingerprint density at radius 1 is 1.00 bits per heavy atom. The van der Waals surface area contributed by atoms with Gasteiger partial charge in [-0.2, -0.15) is 0 Å². The van der Waals surface area contributed by atoms with Crippen molar-refractivity contribution in [1.29, 1.82) is 0 Å². The number of ether oxygens (including phenoxy) is 2. The summed E-state index contributed by atoms with van der Waals surface area (Å²) in [5.41, 5.74) is 0.356. The third-order valence-corrected chi connectivity index (χ3v) is 5.17. The van der Waals surface area contributed by atoms with Gasteiger partial charge in [-0.1, -0.05) is 11.8 Å². The number of nitrogens with one attached hydrogen (secondary N) is 1. The predicted molar refractivity (Wildman–Crippen MR) is 111 cm³/mol. The van der Waals surface area contributed by atoms with E-state index in [1.165, 1.54) is 56.7 Å². The second-order valence-corrected chi connectivity index (χ2v) is 7.13. The van der Waals surface area contributed by atoms with Crippen molar-refractivity contribution in [1.82, 2.24) is 0 Å². The molecule has 0 aliphatic heterocycles. The van der Waals surface area contributed by atoms with E-state index in [1.54, 1.807) is 18.2 Å². The molecule has 3 rings (SSSR count). The summed E-state index contributed by atoms with van der Waals surface area (Å²) >= 11 is 1.11. The van der Waals surface area contributed by atoms with E-state index >= 15 is 0 Å². The molecule has 0 saturated carbocycles. The molecule has 9 heteroatoms. The van der Waals surface area contributed by atoms with Gasteiger partial charge in [0.05, 0.1) is 24.0 Å². The van der Waals surface area contributed by atoms with E-state index in [4.69, 9.17) is 9.47 Å². The predicted octanol–water partition coefficient (Wildman–Crippen LogP) is 5.15. The molecule has 0 atom stereocenters. The van der Waals surface area contributed by atoms with Gasteiger partial charge in [-0.05, 0) is 48.5 Å². The SMILES string of the molecule is COc1ccc(NC(=O)c2ccc(Sc3ccc(F)cc3)c([N+](=O)[O-])c2)cc1OC. The van der Waals surface area contributed by atoms with Crippen LogP contribution in [-0.4, -0.2) is 25.1 Å². The fourth-order valence-electron chi connectivity index (χ4n) is 2.63. The van der Waals surface area contributed by atoms with E-state index in [1.807, 2.05) is 0 Å². The molecule has 0 heterocycles. The van der Waals surface area contributed by atoms with Gasteiger partial charge in [0, 0.05) is 28.3 Å². The first kappa shape index (κ1) is 21.1. The Bertz CT molecular complexity index is 1090. The largest absolute Gasteiger partial charge is 0.493 e. The number of carbonyl (C=O) groups excluding carboxylic acids is 1. The first-order chi connectivity index (χ1) is 14.4. The standard InChI is InChI=1S/C21H17FN2O5S/c1-28-18-9-6-15(12-19(18)29-2)23-21(25)13-3-10-20(17(11-13)24(26)27)30-16-7-4-14(22)5-8-16/h3-12H,1-2H3,(H,23,25). The van der Waals surface area contributed by atoms with Crippen molar-refractivity contribution in [3.05, 3.63) is 82.2 Å². The molecule has 3 aromatic carbocycles. The van der Waals surface area contributed by atoms with Crippen molar-refractivity contribution in [2.75, 3.05) is 19.5 Å². The Balaban J connectivity index is 1.84. The van der Waals surface area contributed by atoms with E-state index in [-0.39, 0.29) is 11.3 Å². The average Bonchev–Trinajstić information content (AvgIpc) is 2.75. The van der Waals surface area contributed by atoms with Crippen LogP contribution in [0.2, 0.25) is 0 Å². The summed E-state index contributed by atoms with van der Waals surface area (Å²) in [5, 5.41) is 14.2. The third kappa shape index (κ3) is 4.87. The molecule has 30 heavy (non-hydrogen) atoms. The highest BCUT2D eigenvalue weighted by Gasteiger charge is 2.19. The van der Waals surface area contributed by atoms with Crippen LogP contribution >= 0.6 is 11.8 Å². The van der Waals surface area contributed by atoms with E-state index in [2.05, 4.69) is 5.32 Å². The molecule has 7 nitrogen and oxygen atoms in total. The number of nitro groups is 1. The van der Waals surface area contributed by atoms with Crippen molar-refractivity contribution < 1.29 is 23.6 Å². The lowest BCUT2D eigenvalue weighted by atomic mass is 10.2. The number of rotatable bonds is 7. The molecule has 3 aromatic rings. The summed E-state index contributed by atoms with van der Waals surface area (Å²) in [6.07, 6.45) is 0. The number of nitro benzene ring substituents is 1. The molecule has 1 amide bonds. The molecule has 0 fully saturated rings. The monoisotopic (exact) mass is 428 g/mol. The highest BCUT2D eigenvalue weighted by molar-refractivity contribution is 7.99. The van der Waals surface area contributed by atoms with Crippen LogP contribution in [0, 0.1) is 15.9 Å². The van der Waals surface area contributed by atoms with Crippen molar-refractivity contribution in [3.8, 4) is 11.5 Å². The van der Waals surface area contributed by atoms with E-state index in [9.17, 15) is 19.3 Å². The number of nitrogens with zero attached hydrogens (tertiary/aromatic N) is 1. The van der Waals surface area contributed by atoms with Crippen LogP contribution in [0.15, 0.2) is 70.5 Å². The number of anilines is 1. The van der Waals surface area contributed by atoms with E-state index in [0.717, 1.165) is 11.8 Å². The fourth-order valence-corrected chi connectivity index (χ4v) is 3.53. The number of amides is 1. The molecular weight excluding hydrogens is 411 g/mol. The van der Waals surface area contributed by atoms with Gasteiger partial charge in [-0.15, -0.1) is 0 Å². The molecule has 0 unspecified atom stereocenters. The molecule has 154 valence electrons. The minimum Gasteiger partial charge on any atom is -0.493 e. The number of benzene rings is 3. The molecular formula is C21H17FN2O5S. The van der Waals surface area contributed by atoms with Crippen LogP contribution in [0.5, 0.6) is 11.5 Å². The Hall–Kier alpha value is -3.59. The maximum Gasteiger partial charge on any atom is 0.284 e. The van der Waals surface area contributed by atoms with Gasteiger partial charge in [-0.3, -0.25) is 14.9 Å². The van der Waals surface area contributed by atoms with Gasteiger partial charge in [-0.25, -0.2) is 4.39 Å². The first-order valence-electron chi connectivity index (χ1n) is 8.66. The number of halogens is 1. The number of hydrogen-bond acceptors (Lipinski definition) is 6. The van der Waals surface area contributed by atoms with Crippen molar-refractivity contribution in [3.63, 3.8) is 0 Å². The third-order valence-electron chi connectivity index (χ3n) is 4.10. The summed E-state index contributed by atoms with van der Waals surface area (Å²) in [6, 6.07) is 14.7. The molecule has 0 radical (unpaired) electrons. The summed E-state index contributed by atoms with van der Waals surface area (Å²) in [7, 11) is 2.98. The molecule has 0 aliphatic rings. The van der Waals surface area contributed by atoms with Gasteiger partial charge in [0.25, 0.3) is 11.6 Å². The molecule has 0 saturated heterocycles. The zero-order chi connectivity index (χ0) is 21.7. The smallest absolute Gasteiger partial charge is 0.284 e. The summed E-state index contributed by atoms with van der Waals surface area (Å²) in [4.78, 5) is 24.5. The molecule has 0 spiro atoms. The number of methoxy groups -OCH3 is 2. The van der Waals surface area contributed by atoms with Crippen LogP contribution in [0.3, 0.4) is 0 Å². The van der Waals surface area contributed by atoms with Crippen LogP contribution in [0.25, 0.3) is 0 Å². The maximum absolute atomic E-state index is 13.1. The maximum atomic E-state index is 13.1. The normalized spacial score (nSPS) is 10.4. The molecule has 0 aliphatic carbocycles. The fraction of sp³-hybridized carbons (Fsp3) is 0.0952. The van der Waals surface area contributed by atoms with Crippen molar-refractivity contribution in [2.45, 2.75) is 9.79 Å². The van der Waals surface area contributed by atoms with Gasteiger partial charge in [0.2, 0.25) is 0 Å². The second kappa shape index (κ2) is 9.27. The quantitative estimate of drug-likeness (QED) is 0.413. The van der Waals surface area contributed by atoms with Crippen LogP contribution in [0.1, 0.15) is 10.4 Å². The second-order valence-electron chi connectivity index (χ2n) is 6.02. The average molecular weight is 428 g/mol. The first-order valence-corrected chi connectivity index (χ1v) is 9.48. The summed E-state index contributed by atoms with van der Waals surface area (Å²) in [6.45, 7) is 0. The highest BCUT2D eigenvalue weighted by Crippen LogP contribution is 2.36. The lowest BCUT2D eigenvalue weighted by molar-refractivity contribution is -0.387. The molecule has 1 N–H and O–H groups in total. The number of carbonyl (C=O) groups is 1. The minimum absolute atomic E-state index is 0.125. The highest BCUT2D eigenvalue weighted by atomic mass is 32.2.